The average molecular weight is 238 g/mol. The molecule has 2 rings (SSSR count). The predicted octanol–water partition coefficient (Wildman–Crippen LogP) is 1.43. The Balaban J connectivity index is 2.18. The maximum Gasteiger partial charge on any atom is 0.126 e. The number of aromatic nitrogens is 2. The highest BCUT2D eigenvalue weighted by Crippen LogP contribution is 2.16. The summed E-state index contributed by atoms with van der Waals surface area (Å²) in [4.78, 5) is 6.94. The Morgan fingerprint density at radius 2 is 2.00 bits per heavy atom. The predicted molar refractivity (Wildman–Crippen MR) is 58.7 cm³/mol. The van der Waals surface area contributed by atoms with Crippen LogP contribution in [0, 0.1) is 11.6 Å². The van der Waals surface area contributed by atoms with Crippen molar-refractivity contribution in [3.8, 4) is 0 Å². The molecule has 0 aliphatic carbocycles. The van der Waals surface area contributed by atoms with Crippen LogP contribution in [0.2, 0.25) is 0 Å². The molecule has 4 nitrogen and oxygen atoms in total. The molecule has 17 heavy (non-hydrogen) atoms. The van der Waals surface area contributed by atoms with E-state index < -0.39 is 11.6 Å². The smallest absolute Gasteiger partial charge is 0.126 e. The molecule has 1 aromatic heterocycles. The summed E-state index contributed by atoms with van der Waals surface area (Å²) in [6, 6.07) is 3.07. The van der Waals surface area contributed by atoms with Gasteiger partial charge in [-0.1, -0.05) is 0 Å². The van der Waals surface area contributed by atoms with Gasteiger partial charge in [-0.05, 0) is 24.1 Å². The van der Waals surface area contributed by atoms with Crippen LogP contribution in [0.5, 0.6) is 0 Å². The van der Waals surface area contributed by atoms with E-state index in [1.54, 1.807) is 12.4 Å². The fourth-order valence-electron chi connectivity index (χ4n) is 1.67. The Bertz CT molecular complexity index is 464. The average Bonchev–Trinajstić information content (AvgIpc) is 2.77. The van der Waals surface area contributed by atoms with Crippen LogP contribution in [0.25, 0.3) is 0 Å². The highest BCUT2D eigenvalue weighted by Gasteiger charge is 2.13. The van der Waals surface area contributed by atoms with Gasteiger partial charge >= 0.3 is 0 Å². The number of aromatic amines is 1. The summed E-state index contributed by atoms with van der Waals surface area (Å²) in [5, 5.41) is 0. The molecule has 0 spiro atoms. The van der Waals surface area contributed by atoms with E-state index in [9.17, 15) is 8.78 Å². The molecule has 0 radical (unpaired) electrons. The highest BCUT2D eigenvalue weighted by molar-refractivity contribution is 5.20. The lowest BCUT2D eigenvalue weighted by Crippen LogP contribution is -2.30. The summed E-state index contributed by atoms with van der Waals surface area (Å²) in [7, 11) is 0. The van der Waals surface area contributed by atoms with Crippen molar-refractivity contribution >= 4 is 0 Å². The number of nitrogens with two attached hydrogens (primary N) is 1. The molecule has 1 atom stereocenters. The molecule has 1 aromatic carbocycles. The first kappa shape index (κ1) is 11.7. The van der Waals surface area contributed by atoms with E-state index in [1.165, 1.54) is 12.1 Å². The third-order valence-electron chi connectivity index (χ3n) is 2.41. The SMILES string of the molecule is NNC(Cc1cc(F)cc(F)c1)c1ncc[nH]1. The second kappa shape index (κ2) is 5.03. The number of nitrogens with one attached hydrogen (secondary N) is 2. The third kappa shape index (κ3) is 2.86. The van der Waals surface area contributed by atoms with E-state index in [0.29, 0.717) is 17.8 Å². The van der Waals surface area contributed by atoms with Crippen LogP contribution in [-0.4, -0.2) is 9.97 Å². The number of imidazole rings is 1. The first-order valence-electron chi connectivity index (χ1n) is 5.09. The molecule has 1 unspecified atom stereocenters. The van der Waals surface area contributed by atoms with Gasteiger partial charge in [0.15, 0.2) is 0 Å². The number of rotatable bonds is 4. The zero-order valence-electron chi connectivity index (χ0n) is 8.95. The number of hydrazine groups is 1. The molecular weight excluding hydrogens is 226 g/mol. The maximum absolute atomic E-state index is 13.0. The molecule has 90 valence electrons. The normalized spacial score (nSPS) is 12.6. The largest absolute Gasteiger partial charge is 0.347 e. The summed E-state index contributed by atoms with van der Waals surface area (Å²) < 4.78 is 26.0. The molecule has 2 aromatic rings. The van der Waals surface area contributed by atoms with E-state index in [0.717, 1.165) is 6.07 Å². The summed E-state index contributed by atoms with van der Waals surface area (Å²) in [5.74, 6) is 4.81. The van der Waals surface area contributed by atoms with Gasteiger partial charge in [0.25, 0.3) is 0 Å². The molecule has 1 heterocycles. The summed E-state index contributed by atoms with van der Waals surface area (Å²) in [5.41, 5.74) is 3.07. The molecule has 0 fully saturated rings. The van der Waals surface area contributed by atoms with Crippen molar-refractivity contribution in [2.45, 2.75) is 12.5 Å². The van der Waals surface area contributed by atoms with Gasteiger partial charge < -0.3 is 4.98 Å². The van der Waals surface area contributed by atoms with Crippen molar-refractivity contribution < 1.29 is 8.78 Å². The fourth-order valence-corrected chi connectivity index (χ4v) is 1.67. The van der Waals surface area contributed by atoms with Gasteiger partial charge in [-0.25, -0.2) is 19.2 Å². The van der Waals surface area contributed by atoms with Crippen LogP contribution < -0.4 is 11.3 Å². The molecule has 0 saturated carbocycles. The van der Waals surface area contributed by atoms with Gasteiger partial charge in [-0.15, -0.1) is 0 Å². The van der Waals surface area contributed by atoms with Gasteiger partial charge in [0.1, 0.15) is 17.5 Å². The molecule has 0 bridgehead atoms. The van der Waals surface area contributed by atoms with E-state index in [4.69, 9.17) is 5.84 Å². The minimum Gasteiger partial charge on any atom is -0.347 e. The number of H-pyrrole nitrogens is 1. The van der Waals surface area contributed by atoms with Crippen LogP contribution in [0.1, 0.15) is 17.4 Å². The zero-order chi connectivity index (χ0) is 12.3. The summed E-state index contributed by atoms with van der Waals surface area (Å²) in [6.07, 6.45) is 3.59. The lowest BCUT2D eigenvalue weighted by molar-refractivity contribution is 0.520. The van der Waals surface area contributed by atoms with Crippen molar-refractivity contribution in [3.63, 3.8) is 0 Å². The second-order valence-electron chi connectivity index (χ2n) is 3.68. The number of nitrogens with zero attached hydrogens (tertiary/aromatic N) is 1. The zero-order valence-corrected chi connectivity index (χ0v) is 8.95. The van der Waals surface area contributed by atoms with Crippen LogP contribution >= 0.6 is 0 Å². The van der Waals surface area contributed by atoms with Crippen LogP contribution in [-0.2, 0) is 6.42 Å². The lowest BCUT2D eigenvalue weighted by atomic mass is 10.1. The summed E-state index contributed by atoms with van der Waals surface area (Å²) in [6.45, 7) is 0. The Morgan fingerprint density at radius 3 is 2.53 bits per heavy atom. The molecule has 0 aliphatic rings. The fraction of sp³-hybridized carbons (Fsp3) is 0.182. The van der Waals surface area contributed by atoms with Crippen molar-refractivity contribution in [3.05, 3.63) is 53.6 Å². The van der Waals surface area contributed by atoms with Crippen molar-refractivity contribution in [2.24, 2.45) is 5.84 Å². The van der Waals surface area contributed by atoms with Gasteiger partial charge in [-0.2, -0.15) is 0 Å². The standard InChI is InChI=1S/C11H12F2N4/c12-8-3-7(4-9(13)6-8)5-10(17-14)11-15-1-2-16-11/h1-4,6,10,17H,5,14H2,(H,15,16). The van der Waals surface area contributed by atoms with Crippen LogP contribution in [0.15, 0.2) is 30.6 Å². The number of hydrogen-bond donors (Lipinski definition) is 3. The van der Waals surface area contributed by atoms with Gasteiger partial charge in [0.05, 0.1) is 6.04 Å². The third-order valence-corrected chi connectivity index (χ3v) is 2.41. The van der Waals surface area contributed by atoms with E-state index in [1.807, 2.05) is 0 Å². The van der Waals surface area contributed by atoms with E-state index in [2.05, 4.69) is 15.4 Å². The number of benzene rings is 1. The quantitative estimate of drug-likeness (QED) is 0.557. The Hall–Kier alpha value is -1.79. The van der Waals surface area contributed by atoms with Gasteiger partial charge in [0.2, 0.25) is 0 Å². The molecular formula is C11H12F2N4. The second-order valence-corrected chi connectivity index (χ2v) is 3.68. The van der Waals surface area contributed by atoms with Gasteiger partial charge in [0, 0.05) is 18.5 Å². The van der Waals surface area contributed by atoms with Crippen molar-refractivity contribution in [1.29, 1.82) is 0 Å². The Kier molecular flexibility index (Phi) is 3.46. The number of hydrogen-bond acceptors (Lipinski definition) is 3. The van der Waals surface area contributed by atoms with Crippen molar-refractivity contribution in [2.75, 3.05) is 0 Å². The van der Waals surface area contributed by atoms with Crippen molar-refractivity contribution in [1.82, 2.24) is 15.4 Å². The Morgan fingerprint density at radius 1 is 1.29 bits per heavy atom. The highest BCUT2D eigenvalue weighted by atomic mass is 19.1. The van der Waals surface area contributed by atoms with Crippen LogP contribution in [0.4, 0.5) is 8.78 Å². The lowest BCUT2D eigenvalue weighted by Gasteiger charge is -2.13. The maximum atomic E-state index is 13.0. The molecule has 0 amide bonds. The molecule has 0 aliphatic heterocycles. The van der Waals surface area contributed by atoms with Crippen LogP contribution in [0.3, 0.4) is 0 Å². The van der Waals surface area contributed by atoms with Gasteiger partial charge in [-0.3, -0.25) is 5.84 Å². The number of halogens is 2. The molecule has 0 saturated heterocycles. The van der Waals surface area contributed by atoms with E-state index >= 15 is 0 Å². The Labute approximate surface area is 96.8 Å². The molecule has 6 heteroatoms. The monoisotopic (exact) mass is 238 g/mol. The first-order chi connectivity index (χ1) is 8.19. The minimum absolute atomic E-state index is 0.314. The topological polar surface area (TPSA) is 66.7 Å². The first-order valence-corrected chi connectivity index (χ1v) is 5.09. The van der Waals surface area contributed by atoms with E-state index in [-0.39, 0.29) is 6.04 Å². The molecule has 4 N–H and O–H groups in total. The summed E-state index contributed by atoms with van der Waals surface area (Å²) >= 11 is 0. The minimum atomic E-state index is -0.602.